The summed E-state index contributed by atoms with van der Waals surface area (Å²) in [5, 5.41) is 0. The molecule has 0 aromatic heterocycles. The minimum atomic E-state index is -0.403. The van der Waals surface area contributed by atoms with E-state index in [-0.39, 0.29) is 0 Å². The fourth-order valence-electron chi connectivity index (χ4n) is 1.51. The molecule has 0 spiro atoms. The summed E-state index contributed by atoms with van der Waals surface area (Å²) in [5.41, 5.74) is 2.37. The third-order valence-electron chi connectivity index (χ3n) is 2.51. The van der Waals surface area contributed by atoms with E-state index in [9.17, 15) is 4.79 Å². The van der Waals surface area contributed by atoms with Gasteiger partial charge in [0.25, 0.3) is 0 Å². The van der Waals surface area contributed by atoms with Gasteiger partial charge in [0, 0.05) is 5.57 Å². The summed E-state index contributed by atoms with van der Waals surface area (Å²) in [6.07, 6.45) is 1.50. The minimum Gasteiger partial charge on any atom is -0.497 e. The van der Waals surface area contributed by atoms with Crippen molar-refractivity contribution in [1.29, 1.82) is 0 Å². The molecular formula is C16H20O3. The molecule has 0 aliphatic rings. The monoisotopic (exact) mass is 260 g/mol. The predicted molar refractivity (Wildman–Crippen MR) is 76.1 cm³/mol. The average molecular weight is 260 g/mol. The fourth-order valence-corrected chi connectivity index (χ4v) is 1.51. The Labute approximate surface area is 114 Å². The molecular weight excluding hydrogens is 240 g/mol. The van der Waals surface area contributed by atoms with Crippen molar-refractivity contribution >= 4 is 5.97 Å². The molecule has 0 fully saturated rings. The molecule has 3 heteroatoms. The van der Waals surface area contributed by atoms with Crippen LogP contribution in [0.2, 0.25) is 0 Å². The minimum absolute atomic E-state index is 0.390. The largest absolute Gasteiger partial charge is 0.497 e. The summed E-state index contributed by atoms with van der Waals surface area (Å²) in [6.45, 7) is 9.15. The van der Waals surface area contributed by atoms with Crippen LogP contribution in [0, 0.1) is 0 Å². The number of allylic oxidation sites excluding steroid dienone is 1. The highest BCUT2D eigenvalue weighted by Crippen LogP contribution is 2.24. The van der Waals surface area contributed by atoms with Crippen LogP contribution in [-0.2, 0) is 9.53 Å². The van der Waals surface area contributed by atoms with Gasteiger partial charge in [-0.1, -0.05) is 24.3 Å². The normalized spacial score (nSPS) is 11.4. The lowest BCUT2D eigenvalue weighted by molar-refractivity contribution is -0.142. The van der Waals surface area contributed by atoms with Crippen LogP contribution in [-0.4, -0.2) is 13.1 Å². The molecule has 0 aliphatic heterocycles. The van der Waals surface area contributed by atoms with Crippen LogP contribution >= 0.6 is 0 Å². The number of carbonyl (C=O) groups is 1. The van der Waals surface area contributed by atoms with Gasteiger partial charge in [-0.2, -0.15) is 0 Å². The van der Waals surface area contributed by atoms with E-state index in [1.807, 2.05) is 44.2 Å². The zero-order chi connectivity index (χ0) is 14.4. The van der Waals surface area contributed by atoms with E-state index in [0.29, 0.717) is 5.57 Å². The van der Waals surface area contributed by atoms with Crippen molar-refractivity contribution in [2.24, 2.45) is 0 Å². The second-order valence-corrected chi connectivity index (χ2v) is 4.62. The smallest absolute Gasteiger partial charge is 0.334 e. The van der Waals surface area contributed by atoms with Crippen LogP contribution in [0.3, 0.4) is 0 Å². The summed E-state index contributed by atoms with van der Waals surface area (Å²) in [5.74, 6) is 0.379. The van der Waals surface area contributed by atoms with Gasteiger partial charge in [-0.25, -0.2) is 4.79 Å². The Balaban J connectivity index is 2.98. The Morgan fingerprint density at radius 3 is 2.21 bits per heavy atom. The lowest BCUT2D eigenvalue weighted by Gasteiger charge is -2.16. The standard InChI is InChI=1S/C16H20O3/c1-11(2)10-15(19-16(17)12(3)4)13-6-8-14(18-5)9-7-13/h6-10,15H,3H2,1-2,4-5H3. The zero-order valence-electron chi connectivity index (χ0n) is 11.9. The van der Waals surface area contributed by atoms with E-state index in [2.05, 4.69) is 6.58 Å². The molecule has 0 heterocycles. The summed E-state index contributed by atoms with van der Waals surface area (Å²) in [7, 11) is 1.61. The molecule has 3 nitrogen and oxygen atoms in total. The van der Waals surface area contributed by atoms with Gasteiger partial charge >= 0.3 is 5.97 Å². The highest BCUT2D eigenvalue weighted by molar-refractivity contribution is 5.87. The maximum atomic E-state index is 11.7. The van der Waals surface area contributed by atoms with Crippen molar-refractivity contribution in [3.63, 3.8) is 0 Å². The summed E-state index contributed by atoms with van der Waals surface area (Å²) in [6, 6.07) is 7.45. The second kappa shape index (κ2) is 6.78. The number of hydrogen-bond donors (Lipinski definition) is 0. The molecule has 0 amide bonds. The number of benzene rings is 1. The van der Waals surface area contributed by atoms with Crippen LogP contribution < -0.4 is 4.74 Å². The van der Waals surface area contributed by atoms with Gasteiger partial charge in [-0.05, 0) is 44.5 Å². The number of hydrogen-bond acceptors (Lipinski definition) is 3. The lowest BCUT2D eigenvalue weighted by Crippen LogP contribution is -2.10. The van der Waals surface area contributed by atoms with Crippen LogP contribution in [0.5, 0.6) is 5.75 Å². The number of carbonyl (C=O) groups excluding carboxylic acids is 1. The van der Waals surface area contributed by atoms with Crippen molar-refractivity contribution < 1.29 is 14.3 Å². The summed E-state index contributed by atoms with van der Waals surface area (Å²) in [4.78, 5) is 11.7. The van der Waals surface area contributed by atoms with Crippen molar-refractivity contribution in [3.05, 3.63) is 53.6 Å². The number of ether oxygens (including phenoxy) is 2. The van der Waals surface area contributed by atoms with Gasteiger partial charge in [-0.3, -0.25) is 0 Å². The highest BCUT2D eigenvalue weighted by Gasteiger charge is 2.14. The Kier molecular flexibility index (Phi) is 5.37. The molecule has 0 N–H and O–H groups in total. The molecule has 1 aromatic rings. The van der Waals surface area contributed by atoms with Gasteiger partial charge in [-0.15, -0.1) is 0 Å². The third kappa shape index (κ3) is 4.62. The second-order valence-electron chi connectivity index (χ2n) is 4.62. The zero-order valence-corrected chi connectivity index (χ0v) is 11.9. The summed E-state index contributed by atoms with van der Waals surface area (Å²) < 4.78 is 10.5. The van der Waals surface area contributed by atoms with Crippen LogP contribution in [0.1, 0.15) is 32.4 Å². The molecule has 1 aromatic carbocycles. The average Bonchev–Trinajstić information content (AvgIpc) is 2.37. The van der Waals surface area contributed by atoms with Gasteiger partial charge < -0.3 is 9.47 Å². The SMILES string of the molecule is C=C(C)C(=O)OC(C=C(C)C)c1ccc(OC)cc1. The highest BCUT2D eigenvalue weighted by atomic mass is 16.5. The predicted octanol–water partition coefficient (Wildman–Crippen LogP) is 3.82. The van der Waals surface area contributed by atoms with Gasteiger partial charge in [0.2, 0.25) is 0 Å². The van der Waals surface area contributed by atoms with Crippen molar-refractivity contribution in [2.45, 2.75) is 26.9 Å². The first-order valence-corrected chi connectivity index (χ1v) is 6.09. The molecule has 0 radical (unpaired) electrons. The van der Waals surface area contributed by atoms with E-state index in [0.717, 1.165) is 16.9 Å². The van der Waals surface area contributed by atoms with E-state index in [1.165, 1.54) is 0 Å². The van der Waals surface area contributed by atoms with E-state index in [1.54, 1.807) is 14.0 Å². The molecule has 0 saturated heterocycles. The van der Waals surface area contributed by atoms with Crippen molar-refractivity contribution in [1.82, 2.24) is 0 Å². The van der Waals surface area contributed by atoms with Crippen molar-refractivity contribution in [3.8, 4) is 5.75 Å². The Morgan fingerprint density at radius 1 is 1.21 bits per heavy atom. The molecule has 19 heavy (non-hydrogen) atoms. The van der Waals surface area contributed by atoms with E-state index >= 15 is 0 Å². The molecule has 0 bridgehead atoms. The third-order valence-corrected chi connectivity index (χ3v) is 2.51. The number of esters is 1. The summed E-state index contributed by atoms with van der Waals surface area (Å²) >= 11 is 0. The molecule has 0 saturated carbocycles. The van der Waals surface area contributed by atoms with E-state index < -0.39 is 12.1 Å². The van der Waals surface area contributed by atoms with Gasteiger partial charge in [0.1, 0.15) is 11.9 Å². The molecule has 102 valence electrons. The number of methoxy groups -OCH3 is 1. The first-order valence-electron chi connectivity index (χ1n) is 6.09. The van der Waals surface area contributed by atoms with Crippen LogP contribution in [0.4, 0.5) is 0 Å². The fraction of sp³-hybridized carbons (Fsp3) is 0.312. The Hall–Kier alpha value is -2.03. The first-order chi connectivity index (χ1) is 8.93. The van der Waals surface area contributed by atoms with Gasteiger partial charge in [0.05, 0.1) is 7.11 Å². The number of rotatable bonds is 5. The molecule has 1 rings (SSSR count). The van der Waals surface area contributed by atoms with Crippen molar-refractivity contribution in [2.75, 3.05) is 7.11 Å². The van der Waals surface area contributed by atoms with E-state index in [4.69, 9.17) is 9.47 Å². The molecule has 1 atom stereocenters. The first kappa shape index (κ1) is 15.0. The Bertz CT molecular complexity index is 479. The molecule has 1 unspecified atom stereocenters. The maximum Gasteiger partial charge on any atom is 0.334 e. The van der Waals surface area contributed by atoms with Gasteiger partial charge in [0.15, 0.2) is 0 Å². The molecule has 0 aliphatic carbocycles. The van der Waals surface area contributed by atoms with Crippen LogP contribution in [0.25, 0.3) is 0 Å². The lowest BCUT2D eigenvalue weighted by atomic mass is 10.1. The quantitative estimate of drug-likeness (QED) is 0.458. The Morgan fingerprint density at radius 2 is 1.79 bits per heavy atom. The topological polar surface area (TPSA) is 35.5 Å². The van der Waals surface area contributed by atoms with Crippen LogP contribution in [0.15, 0.2) is 48.1 Å². The maximum absolute atomic E-state index is 11.7.